The van der Waals surface area contributed by atoms with E-state index in [1.807, 2.05) is 6.07 Å². The zero-order valence-electron chi connectivity index (χ0n) is 12.9. The van der Waals surface area contributed by atoms with Gasteiger partial charge in [0.25, 0.3) is 5.91 Å². The van der Waals surface area contributed by atoms with E-state index in [0.29, 0.717) is 16.6 Å². The molecule has 1 heterocycles. The minimum atomic E-state index is -2.90. The minimum absolute atomic E-state index is 0.000841. The van der Waals surface area contributed by atoms with Gasteiger partial charge < -0.3 is 15.2 Å². The Balaban J connectivity index is 1.62. The number of halogens is 2. The molecule has 0 radical (unpaired) electrons. The van der Waals surface area contributed by atoms with Crippen LogP contribution in [0.2, 0.25) is 0 Å². The molecule has 1 aromatic heterocycles. The maximum absolute atomic E-state index is 12.3. The number of aliphatic hydroxyl groups excluding tert-OH is 1. The number of alkyl halides is 2. The van der Waals surface area contributed by atoms with Crippen LogP contribution in [0.4, 0.5) is 8.78 Å². The van der Waals surface area contributed by atoms with Gasteiger partial charge in [0.2, 0.25) is 0 Å². The lowest BCUT2D eigenvalue weighted by Crippen LogP contribution is -2.28. The molecule has 1 amide bonds. The van der Waals surface area contributed by atoms with Gasteiger partial charge in [-0.3, -0.25) is 9.89 Å². The van der Waals surface area contributed by atoms with Crippen molar-refractivity contribution in [2.75, 3.05) is 6.54 Å². The quantitative estimate of drug-likeness (QED) is 0.640. The van der Waals surface area contributed by atoms with Gasteiger partial charge in [-0.25, -0.2) is 0 Å². The van der Waals surface area contributed by atoms with Crippen LogP contribution in [0.3, 0.4) is 0 Å². The number of H-pyrrole nitrogens is 1. The number of ether oxygens (including phenoxy) is 1. The Morgan fingerprint density at radius 3 is 2.72 bits per heavy atom. The van der Waals surface area contributed by atoms with Crippen LogP contribution < -0.4 is 10.1 Å². The van der Waals surface area contributed by atoms with Crippen LogP contribution in [-0.4, -0.2) is 34.4 Å². The number of rotatable bonds is 6. The second kappa shape index (κ2) is 7.27. The number of benzene rings is 2. The van der Waals surface area contributed by atoms with Crippen molar-refractivity contribution in [2.45, 2.75) is 12.7 Å². The second-order valence-electron chi connectivity index (χ2n) is 5.31. The summed E-state index contributed by atoms with van der Waals surface area (Å²) >= 11 is 0. The number of fused-ring (bicyclic) bond motifs is 1. The Hall–Kier alpha value is -3.00. The molecule has 0 aliphatic heterocycles. The van der Waals surface area contributed by atoms with Crippen molar-refractivity contribution in [3.05, 3.63) is 59.8 Å². The Bertz CT molecular complexity index is 865. The Morgan fingerprint density at radius 1 is 1.24 bits per heavy atom. The van der Waals surface area contributed by atoms with Gasteiger partial charge in [0, 0.05) is 11.9 Å². The number of hydrogen-bond donors (Lipinski definition) is 3. The molecule has 0 saturated carbocycles. The number of carbonyl (C=O) groups excluding carboxylic acids is 1. The van der Waals surface area contributed by atoms with Crippen LogP contribution in [0.25, 0.3) is 10.9 Å². The molecule has 0 bridgehead atoms. The van der Waals surface area contributed by atoms with Crippen LogP contribution in [0.15, 0.2) is 48.7 Å². The fourth-order valence-electron chi connectivity index (χ4n) is 2.43. The maximum atomic E-state index is 12.3. The third-order valence-corrected chi connectivity index (χ3v) is 3.67. The first-order chi connectivity index (χ1) is 12.0. The largest absolute Gasteiger partial charge is 0.435 e. The van der Waals surface area contributed by atoms with Crippen molar-refractivity contribution in [1.82, 2.24) is 15.5 Å². The monoisotopic (exact) mass is 347 g/mol. The number of para-hydroxylation sites is 1. The molecule has 0 aliphatic carbocycles. The van der Waals surface area contributed by atoms with Crippen LogP contribution in [0.1, 0.15) is 22.0 Å². The summed E-state index contributed by atoms with van der Waals surface area (Å²) in [7, 11) is 0. The van der Waals surface area contributed by atoms with Crippen molar-refractivity contribution in [2.24, 2.45) is 0 Å². The van der Waals surface area contributed by atoms with Crippen LogP contribution >= 0.6 is 0 Å². The molecule has 130 valence electrons. The summed E-state index contributed by atoms with van der Waals surface area (Å²) in [6.07, 6.45) is 0.634. The highest BCUT2D eigenvalue weighted by atomic mass is 19.3. The lowest BCUT2D eigenvalue weighted by Gasteiger charge is -2.13. The first-order valence-electron chi connectivity index (χ1n) is 7.47. The standard InChI is InChI=1S/C17H15F2N3O3/c18-17(19)25-12-6-4-10(5-7-12)14(23)9-20-16(24)13-3-1-2-11-8-21-22-15(11)13/h1-8,14,17,23H,9H2,(H,20,24)(H,21,22). The van der Waals surface area contributed by atoms with Crippen LogP contribution in [0, 0.1) is 0 Å². The number of amides is 1. The number of nitrogens with one attached hydrogen (secondary N) is 2. The van der Waals surface area contributed by atoms with E-state index in [1.165, 1.54) is 24.3 Å². The van der Waals surface area contributed by atoms with Gasteiger partial charge in [-0.15, -0.1) is 0 Å². The summed E-state index contributed by atoms with van der Waals surface area (Å²) in [5.41, 5.74) is 1.51. The summed E-state index contributed by atoms with van der Waals surface area (Å²) < 4.78 is 28.5. The summed E-state index contributed by atoms with van der Waals surface area (Å²) in [6, 6.07) is 10.8. The van der Waals surface area contributed by atoms with E-state index >= 15 is 0 Å². The number of aliphatic hydroxyl groups is 1. The topological polar surface area (TPSA) is 87.2 Å². The first-order valence-corrected chi connectivity index (χ1v) is 7.47. The normalized spacial score (nSPS) is 12.3. The number of aromatic amines is 1. The Morgan fingerprint density at radius 2 is 2.00 bits per heavy atom. The van der Waals surface area contributed by atoms with E-state index in [9.17, 15) is 18.7 Å². The van der Waals surface area contributed by atoms with E-state index in [-0.39, 0.29) is 18.2 Å². The van der Waals surface area contributed by atoms with Gasteiger partial charge in [0.15, 0.2) is 0 Å². The molecule has 3 aromatic rings. The molecule has 0 saturated heterocycles. The third kappa shape index (κ3) is 3.92. The average molecular weight is 347 g/mol. The predicted molar refractivity (Wildman–Crippen MR) is 86.5 cm³/mol. The Labute approximate surface area is 141 Å². The molecule has 3 rings (SSSR count). The number of hydrogen-bond acceptors (Lipinski definition) is 4. The van der Waals surface area contributed by atoms with Gasteiger partial charge >= 0.3 is 6.61 Å². The molecule has 0 fully saturated rings. The molecule has 1 atom stereocenters. The highest BCUT2D eigenvalue weighted by Gasteiger charge is 2.14. The number of aromatic nitrogens is 2. The third-order valence-electron chi connectivity index (χ3n) is 3.67. The smallest absolute Gasteiger partial charge is 0.387 e. The SMILES string of the molecule is O=C(NCC(O)c1ccc(OC(F)F)cc1)c1cccc2cn[nH]c12. The summed E-state index contributed by atoms with van der Waals surface area (Å²) in [4.78, 5) is 12.3. The zero-order chi connectivity index (χ0) is 17.8. The summed E-state index contributed by atoms with van der Waals surface area (Å²) in [5, 5.41) is 20.2. The fraction of sp³-hybridized carbons (Fsp3) is 0.176. The van der Waals surface area contributed by atoms with Crippen molar-refractivity contribution in [3.8, 4) is 5.75 Å². The van der Waals surface area contributed by atoms with Crippen molar-refractivity contribution < 1.29 is 23.4 Å². The highest BCUT2D eigenvalue weighted by molar-refractivity contribution is 6.05. The second-order valence-corrected chi connectivity index (χ2v) is 5.31. The molecule has 2 aromatic carbocycles. The molecular weight excluding hydrogens is 332 g/mol. The zero-order valence-corrected chi connectivity index (χ0v) is 12.9. The molecule has 0 spiro atoms. The van der Waals surface area contributed by atoms with E-state index in [2.05, 4.69) is 20.3 Å². The molecule has 6 nitrogen and oxygen atoms in total. The van der Waals surface area contributed by atoms with E-state index in [1.54, 1.807) is 18.3 Å². The molecule has 0 aliphatic rings. The Kier molecular flexibility index (Phi) is 4.90. The minimum Gasteiger partial charge on any atom is -0.435 e. The lowest BCUT2D eigenvalue weighted by molar-refractivity contribution is -0.0498. The van der Waals surface area contributed by atoms with E-state index in [4.69, 9.17) is 0 Å². The van der Waals surface area contributed by atoms with E-state index < -0.39 is 12.7 Å². The lowest BCUT2D eigenvalue weighted by atomic mass is 10.1. The maximum Gasteiger partial charge on any atom is 0.387 e. The van der Waals surface area contributed by atoms with Crippen LogP contribution in [0.5, 0.6) is 5.75 Å². The molecule has 3 N–H and O–H groups in total. The molecule has 8 heteroatoms. The van der Waals surface area contributed by atoms with E-state index in [0.717, 1.165) is 5.39 Å². The molecule has 25 heavy (non-hydrogen) atoms. The predicted octanol–water partition coefficient (Wildman–Crippen LogP) is 2.63. The van der Waals surface area contributed by atoms with Crippen LogP contribution in [-0.2, 0) is 0 Å². The fourth-order valence-corrected chi connectivity index (χ4v) is 2.43. The van der Waals surface area contributed by atoms with Crippen molar-refractivity contribution in [3.63, 3.8) is 0 Å². The summed E-state index contributed by atoms with van der Waals surface area (Å²) in [5.74, 6) is -0.354. The van der Waals surface area contributed by atoms with Gasteiger partial charge in [-0.05, 0) is 23.8 Å². The highest BCUT2D eigenvalue weighted by Crippen LogP contribution is 2.19. The first kappa shape index (κ1) is 16.8. The van der Waals surface area contributed by atoms with Crippen molar-refractivity contribution >= 4 is 16.8 Å². The van der Waals surface area contributed by atoms with Crippen molar-refractivity contribution in [1.29, 1.82) is 0 Å². The van der Waals surface area contributed by atoms with Gasteiger partial charge in [-0.1, -0.05) is 24.3 Å². The van der Waals surface area contributed by atoms with Gasteiger partial charge in [0.1, 0.15) is 5.75 Å². The number of carbonyl (C=O) groups is 1. The molecular formula is C17H15F2N3O3. The average Bonchev–Trinajstić information content (AvgIpc) is 3.08. The van der Waals surface area contributed by atoms with Gasteiger partial charge in [-0.2, -0.15) is 13.9 Å². The number of nitrogens with zero attached hydrogens (tertiary/aromatic N) is 1. The molecule has 1 unspecified atom stereocenters. The summed E-state index contributed by atoms with van der Waals surface area (Å²) in [6.45, 7) is -2.93. The van der Waals surface area contributed by atoms with Gasteiger partial charge in [0.05, 0.1) is 23.4 Å².